The third-order valence-corrected chi connectivity index (χ3v) is 2.63. The summed E-state index contributed by atoms with van der Waals surface area (Å²) in [5.41, 5.74) is 1.32. The second kappa shape index (κ2) is 4.45. The quantitative estimate of drug-likeness (QED) is 0.810. The van der Waals surface area contributed by atoms with E-state index in [1.807, 2.05) is 6.08 Å². The van der Waals surface area contributed by atoms with Gasteiger partial charge in [0.2, 0.25) is 5.91 Å². The number of rotatable bonds is 2. The molecule has 1 aliphatic heterocycles. The minimum Gasteiger partial charge on any atom is -0.387 e. The summed E-state index contributed by atoms with van der Waals surface area (Å²) >= 11 is 0. The van der Waals surface area contributed by atoms with Gasteiger partial charge in [0.15, 0.2) is 0 Å². The molecule has 0 unspecified atom stereocenters. The fourth-order valence-electron chi connectivity index (χ4n) is 1.76. The van der Waals surface area contributed by atoms with Crippen LogP contribution in [-0.4, -0.2) is 35.6 Å². The summed E-state index contributed by atoms with van der Waals surface area (Å²) in [4.78, 5) is 12.7. The van der Waals surface area contributed by atoms with Crippen molar-refractivity contribution < 1.29 is 14.3 Å². The van der Waals surface area contributed by atoms with E-state index in [1.165, 1.54) is 11.0 Å². The normalized spacial score (nSPS) is 15.1. The lowest BCUT2D eigenvalue weighted by Crippen LogP contribution is -2.31. The maximum absolute atomic E-state index is 13.5. The van der Waals surface area contributed by atoms with Crippen LogP contribution in [0.2, 0.25) is 0 Å². The Bertz CT molecular complexity index is 442. The second-order valence-corrected chi connectivity index (χ2v) is 3.64. The summed E-state index contributed by atoms with van der Waals surface area (Å²) in [5, 5.41) is 8.72. The number of aliphatic hydroxyl groups is 1. The third-order valence-electron chi connectivity index (χ3n) is 2.63. The van der Waals surface area contributed by atoms with Gasteiger partial charge >= 0.3 is 0 Å². The van der Waals surface area contributed by atoms with Gasteiger partial charge in [-0.2, -0.15) is 0 Å². The monoisotopic (exact) mass is 221 g/mol. The van der Waals surface area contributed by atoms with Crippen LogP contribution in [0.25, 0.3) is 5.57 Å². The van der Waals surface area contributed by atoms with E-state index in [2.05, 4.69) is 0 Å². The number of halogens is 1. The molecule has 1 aromatic carbocycles. The van der Waals surface area contributed by atoms with Crippen molar-refractivity contribution in [3.8, 4) is 0 Å². The average Bonchev–Trinajstić information content (AvgIpc) is 2.78. The van der Waals surface area contributed by atoms with Crippen LogP contribution in [0.3, 0.4) is 0 Å². The molecule has 0 aromatic heterocycles. The first-order chi connectivity index (χ1) is 7.72. The second-order valence-electron chi connectivity index (χ2n) is 3.64. The van der Waals surface area contributed by atoms with Gasteiger partial charge in [0, 0.05) is 18.7 Å². The number of nitrogens with zero attached hydrogens (tertiary/aromatic N) is 1. The van der Waals surface area contributed by atoms with Gasteiger partial charge in [-0.3, -0.25) is 4.79 Å². The topological polar surface area (TPSA) is 40.5 Å². The molecule has 1 N–H and O–H groups in total. The zero-order chi connectivity index (χ0) is 11.5. The molecule has 1 aliphatic rings. The first-order valence-electron chi connectivity index (χ1n) is 5.05. The Morgan fingerprint density at radius 1 is 1.44 bits per heavy atom. The van der Waals surface area contributed by atoms with Gasteiger partial charge in [0.1, 0.15) is 12.4 Å². The number of aliphatic hydroxyl groups excluding tert-OH is 1. The lowest BCUT2D eigenvalue weighted by Gasteiger charge is -2.14. The lowest BCUT2D eigenvalue weighted by atomic mass is 10.1. The molecular formula is C12H12FNO2. The van der Waals surface area contributed by atoms with Crippen molar-refractivity contribution in [3.63, 3.8) is 0 Å². The van der Waals surface area contributed by atoms with E-state index >= 15 is 0 Å². The number of carbonyl (C=O) groups is 1. The Morgan fingerprint density at radius 2 is 2.19 bits per heavy atom. The summed E-state index contributed by atoms with van der Waals surface area (Å²) in [6, 6.07) is 6.47. The molecule has 0 aliphatic carbocycles. The lowest BCUT2D eigenvalue weighted by molar-refractivity contribution is -0.132. The van der Waals surface area contributed by atoms with Crippen molar-refractivity contribution in [3.05, 3.63) is 41.7 Å². The maximum atomic E-state index is 13.5. The highest BCUT2D eigenvalue weighted by atomic mass is 19.1. The summed E-state index contributed by atoms with van der Waals surface area (Å²) in [6.07, 6.45) is 1.81. The van der Waals surface area contributed by atoms with Gasteiger partial charge in [0.05, 0.1) is 0 Å². The van der Waals surface area contributed by atoms with Gasteiger partial charge in [-0.25, -0.2) is 4.39 Å². The Labute approximate surface area is 92.8 Å². The zero-order valence-electron chi connectivity index (χ0n) is 8.69. The van der Waals surface area contributed by atoms with Crippen LogP contribution >= 0.6 is 0 Å². The Kier molecular flexibility index (Phi) is 3.01. The van der Waals surface area contributed by atoms with Crippen molar-refractivity contribution in [2.24, 2.45) is 0 Å². The van der Waals surface area contributed by atoms with E-state index in [1.54, 1.807) is 18.2 Å². The van der Waals surface area contributed by atoms with E-state index in [9.17, 15) is 9.18 Å². The Hall–Kier alpha value is -1.68. The van der Waals surface area contributed by atoms with Gasteiger partial charge in [0.25, 0.3) is 0 Å². The van der Waals surface area contributed by atoms with Crippen molar-refractivity contribution >= 4 is 11.5 Å². The average molecular weight is 221 g/mol. The first kappa shape index (κ1) is 10.8. The predicted molar refractivity (Wildman–Crippen MR) is 58.0 cm³/mol. The molecule has 0 bridgehead atoms. The molecule has 1 heterocycles. The summed E-state index contributed by atoms with van der Waals surface area (Å²) in [6.45, 7) is 0.293. The zero-order valence-corrected chi connectivity index (χ0v) is 8.69. The number of hydrogen-bond donors (Lipinski definition) is 1. The molecule has 0 saturated carbocycles. The Morgan fingerprint density at radius 3 is 2.88 bits per heavy atom. The highest BCUT2D eigenvalue weighted by Gasteiger charge is 2.20. The van der Waals surface area contributed by atoms with Gasteiger partial charge in [-0.05, 0) is 11.6 Å². The molecule has 0 atom stereocenters. The fourth-order valence-corrected chi connectivity index (χ4v) is 1.76. The van der Waals surface area contributed by atoms with Crippen molar-refractivity contribution in [2.75, 3.05) is 19.7 Å². The molecule has 3 nitrogen and oxygen atoms in total. The van der Waals surface area contributed by atoms with Crippen molar-refractivity contribution in [1.82, 2.24) is 4.90 Å². The number of hydrogen-bond acceptors (Lipinski definition) is 2. The van der Waals surface area contributed by atoms with E-state index in [0.29, 0.717) is 18.7 Å². The van der Waals surface area contributed by atoms with Crippen LogP contribution in [0.4, 0.5) is 4.39 Å². The molecule has 0 radical (unpaired) electrons. The van der Waals surface area contributed by atoms with Crippen LogP contribution < -0.4 is 0 Å². The summed E-state index contributed by atoms with van der Waals surface area (Å²) in [5.74, 6) is -0.616. The molecule has 2 rings (SSSR count). The van der Waals surface area contributed by atoms with Crippen molar-refractivity contribution in [1.29, 1.82) is 0 Å². The van der Waals surface area contributed by atoms with Crippen molar-refractivity contribution in [2.45, 2.75) is 0 Å². The smallest absolute Gasteiger partial charge is 0.248 e. The van der Waals surface area contributed by atoms with Crippen LogP contribution in [0, 0.1) is 5.82 Å². The van der Waals surface area contributed by atoms with E-state index in [-0.39, 0.29) is 11.7 Å². The van der Waals surface area contributed by atoms with Gasteiger partial charge in [-0.15, -0.1) is 0 Å². The largest absolute Gasteiger partial charge is 0.387 e. The molecule has 16 heavy (non-hydrogen) atoms. The third kappa shape index (κ3) is 1.97. The van der Waals surface area contributed by atoms with E-state index in [0.717, 1.165) is 5.57 Å². The SMILES string of the molecule is O=C(CO)N1CC=C(c2ccccc2F)C1. The fraction of sp³-hybridized carbons (Fsp3) is 0.250. The summed E-state index contributed by atoms with van der Waals surface area (Å²) in [7, 11) is 0. The minimum absolute atomic E-state index is 0.285. The molecule has 1 aromatic rings. The summed E-state index contributed by atoms with van der Waals surface area (Å²) < 4.78 is 13.5. The van der Waals surface area contributed by atoms with Gasteiger partial charge < -0.3 is 10.0 Å². The number of amides is 1. The standard InChI is InChI=1S/C12H12FNO2/c13-11-4-2-1-3-10(11)9-5-6-14(7-9)12(16)8-15/h1-5,15H,6-8H2. The highest BCUT2D eigenvalue weighted by molar-refractivity contribution is 5.82. The maximum Gasteiger partial charge on any atom is 0.248 e. The van der Waals surface area contributed by atoms with Crippen LogP contribution in [-0.2, 0) is 4.79 Å². The molecule has 0 fully saturated rings. The van der Waals surface area contributed by atoms with Crippen LogP contribution in [0.1, 0.15) is 5.56 Å². The number of carbonyl (C=O) groups excluding carboxylic acids is 1. The molecule has 0 spiro atoms. The van der Waals surface area contributed by atoms with E-state index in [4.69, 9.17) is 5.11 Å². The number of benzene rings is 1. The Balaban J connectivity index is 2.15. The molecular weight excluding hydrogens is 209 g/mol. The molecule has 84 valence electrons. The van der Waals surface area contributed by atoms with Gasteiger partial charge in [-0.1, -0.05) is 24.3 Å². The molecule has 4 heteroatoms. The van der Waals surface area contributed by atoms with Crippen LogP contribution in [0.15, 0.2) is 30.3 Å². The van der Waals surface area contributed by atoms with E-state index < -0.39 is 6.61 Å². The molecule has 1 amide bonds. The minimum atomic E-state index is -0.502. The highest BCUT2D eigenvalue weighted by Crippen LogP contribution is 2.23. The molecule has 0 saturated heterocycles. The predicted octanol–water partition coefficient (Wildman–Crippen LogP) is 1.04. The van der Waals surface area contributed by atoms with Crippen LogP contribution in [0.5, 0.6) is 0 Å². The first-order valence-corrected chi connectivity index (χ1v) is 5.05.